The first kappa shape index (κ1) is 20.0. The minimum absolute atomic E-state index is 0.0433. The molecule has 0 aromatic heterocycles. The molecule has 0 bridgehead atoms. The van der Waals surface area contributed by atoms with Crippen molar-refractivity contribution in [2.45, 2.75) is 6.61 Å². The predicted octanol–water partition coefficient (Wildman–Crippen LogP) is 3.90. The zero-order valence-electron chi connectivity index (χ0n) is 14.9. The Morgan fingerprint density at radius 3 is 1.67 bits per heavy atom. The van der Waals surface area contributed by atoms with E-state index in [0.717, 1.165) is 34.2 Å². The number of fused-ring (bicyclic) bond motifs is 2. The summed E-state index contributed by atoms with van der Waals surface area (Å²) in [7, 11) is 1.00. The van der Waals surface area contributed by atoms with Crippen molar-refractivity contribution in [3.8, 4) is 17.2 Å². The molecule has 0 saturated carbocycles. The van der Waals surface area contributed by atoms with Crippen LogP contribution in [0.1, 0.15) is 5.56 Å². The number of hydrogen-bond acceptors (Lipinski definition) is 5. The molecule has 5 heteroatoms. The van der Waals surface area contributed by atoms with Gasteiger partial charge in [-0.2, -0.15) is 0 Å². The number of phenols is 3. The Labute approximate surface area is 157 Å². The summed E-state index contributed by atoms with van der Waals surface area (Å²) in [5, 5.41) is 47.4. The van der Waals surface area contributed by atoms with E-state index >= 15 is 0 Å². The Hall–Kier alpha value is -3.28. The van der Waals surface area contributed by atoms with Crippen LogP contribution in [-0.2, 0) is 6.61 Å². The second-order valence-corrected chi connectivity index (χ2v) is 5.68. The van der Waals surface area contributed by atoms with E-state index in [0.29, 0.717) is 0 Å². The number of benzene rings is 4. The lowest BCUT2D eigenvalue weighted by Crippen LogP contribution is -1.83. The van der Waals surface area contributed by atoms with Gasteiger partial charge in [0.1, 0.15) is 17.2 Å². The highest BCUT2D eigenvalue weighted by Crippen LogP contribution is 2.29. The Morgan fingerprint density at radius 1 is 0.630 bits per heavy atom. The van der Waals surface area contributed by atoms with Crippen LogP contribution in [0.15, 0.2) is 72.8 Å². The highest BCUT2D eigenvalue weighted by atomic mass is 16.3. The van der Waals surface area contributed by atoms with E-state index in [4.69, 9.17) is 15.3 Å². The van der Waals surface area contributed by atoms with Crippen LogP contribution < -0.4 is 0 Å². The summed E-state index contributed by atoms with van der Waals surface area (Å²) in [6, 6.07) is 21.3. The van der Waals surface area contributed by atoms with Gasteiger partial charge in [0.2, 0.25) is 0 Å². The summed E-state index contributed by atoms with van der Waals surface area (Å²) in [6.07, 6.45) is 0. The largest absolute Gasteiger partial charge is 0.508 e. The third-order valence-electron chi connectivity index (χ3n) is 3.91. The van der Waals surface area contributed by atoms with Gasteiger partial charge >= 0.3 is 0 Å². The molecule has 27 heavy (non-hydrogen) atoms. The summed E-state index contributed by atoms with van der Waals surface area (Å²) in [5.74, 6) is 0.430. The molecule has 0 spiro atoms. The molecule has 0 aliphatic carbocycles. The molecule has 5 N–H and O–H groups in total. The zero-order chi connectivity index (χ0) is 19.8. The molecule has 4 rings (SSSR count). The monoisotopic (exact) mass is 366 g/mol. The predicted molar refractivity (Wildman–Crippen MR) is 107 cm³/mol. The normalized spacial score (nSPS) is 9.89. The average Bonchev–Trinajstić information content (AvgIpc) is 2.70. The number of aliphatic hydroxyl groups is 2. The van der Waals surface area contributed by atoms with Gasteiger partial charge in [0.15, 0.2) is 0 Å². The maximum absolute atomic E-state index is 9.57. The van der Waals surface area contributed by atoms with Crippen LogP contribution in [0.4, 0.5) is 0 Å². The first-order chi connectivity index (χ1) is 13.1. The topological polar surface area (TPSA) is 101 Å². The van der Waals surface area contributed by atoms with Crippen LogP contribution in [0.2, 0.25) is 0 Å². The van der Waals surface area contributed by atoms with Gasteiger partial charge in [-0.25, -0.2) is 0 Å². The number of hydrogen-bond donors (Lipinski definition) is 5. The summed E-state index contributed by atoms with van der Waals surface area (Å²) in [4.78, 5) is 0. The van der Waals surface area contributed by atoms with Crippen molar-refractivity contribution in [1.82, 2.24) is 0 Å². The standard InChI is InChI=1S/C11H10O2.C10H8O2.CH4O/c12-7-8-5-9-3-1-2-4-10(9)11(13)6-8;11-8-5-7-3-1-2-4-9(7)10(12)6-8;1-2/h1-6,12-13H,7H2;1-6,11-12H;2H,1H3. The molecule has 0 unspecified atom stereocenters. The third kappa shape index (κ3) is 4.88. The number of phenolic OH excluding ortho intramolecular Hbond substituents is 3. The van der Waals surface area contributed by atoms with Crippen molar-refractivity contribution in [3.63, 3.8) is 0 Å². The first-order valence-corrected chi connectivity index (χ1v) is 8.25. The van der Waals surface area contributed by atoms with Crippen LogP contribution >= 0.6 is 0 Å². The Bertz CT molecular complexity index is 1030. The van der Waals surface area contributed by atoms with Crippen molar-refractivity contribution < 1.29 is 25.5 Å². The second-order valence-electron chi connectivity index (χ2n) is 5.68. The fourth-order valence-electron chi connectivity index (χ4n) is 2.72. The van der Waals surface area contributed by atoms with Crippen molar-refractivity contribution in [2.75, 3.05) is 7.11 Å². The molecular formula is C22H22O5. The third-order valence-corrected chi connectivity index (χ3v) is 3.91. The van der Waals surface area contributed by atoms with Gasteiger partial charge in [0.05, 0.1) is 6.61 Å². The van der Waals surface area contributed by atoms with Gasteiger partial charge in [-0.3, -0.25) is 0 Å². The molecule has 4 aromatic carbocycles. The van der Waals surface area contributed by atoms with E-state index in [1.807, 2.05) is 54.6 Å². The number of aromatic hydroxyl groups is 3. The second kappa shape index (κ2) is 9.43. The van der Waals surface area contributed by atoms with Gasteiger partial charge in [-0.05, 0) is 34.5 Å². The highest BCUT2D eigenvalue weighted by molar-refractivity contribution is 5.89. The molecule has 0 atom stereocenters. The summed E-state index contributed by atoms with van der Waals surface area (Å²) < 4.78 is 0. The van der Waals surface area contributed by atoms with E-state index in [2.05, 4.69) is 0 Å². The zero-order valence-corrected chi connectivity index (χ0v) is 14.9. The highest BCUT2D eigenvalue weighted by Gasteiger charge is 2.01. The molecule has 0 fully saturated rings. The minimum Gasteiger partial charge on any atom is -0.508 e. The Kier molecular flexibility index (Phi) is 7.00. The van der Waals surface area contributed by atoms with Crippen LogP contribution in [0.5, 0.6) is 17.2 Å². The molecule has 5 nitrogen and oxygen atoms in total. The van der Waals surface area contributed by atoms with Crippen LogP contribution in [-0.4, -0.2) is 32.6 Å². The molecular weight excluding hydrogens is 344 g/mol. The fourth-order valence-corrected chi connectivity index (χ4v) is 2.72. The summed E-state index contributed by atoms with van der Waals surface area (Å²) in [5.41, 5.74) is 0.733. The lowest BCUT2D eigenvalue weighted by molar-refractivity contribution is 0.281. The maximum atomic E-state index is 9.57. The lowest BCUT2D eigenvalue weighted by Gasteiger charge is -2.03. The van der Waals surface area contributed by atoms with E-state index in [1.165, 1.54) is 6.07 Å². The van der Waals surface area contributed by atoms with Gasteiger partial charge in [0.25, 0.3) is 0 Å². The Balaban J connectivity index is 0.000000178. The Morgan fingerprint density at radius 2 is 1.11 bits per heavy atom. The molecule has 4 aromatic rings. The van der Waals surface area contributed by atoms with E-state index in [-0.39, 0.29) is 23.9 Å². The average molecular weight is 366 g/mol. The van der Waals surface area contributed by atoms with Crippen molar-refractivity contribution in [3.05, 3.63) is 78.4 Å². The summed E-state index contributed by atoms with van der Waals surface area (Å²) >= 11 is 0. The molecule has 0 amide bonds. The van der Waals surface area contributed by atoms with E-state index < -0.39 is 0 Å². The fraction of sp³-hybridized carbons (Fsp3) is 0.0909. The van der Waals surface area contributed by atoms with Crippen LogP contribution in [0.3, 0.4) is 0 Å². The van der Waals surface area contributed by atoms with Gasteiger partial charge in [-0.15, -0.1) is 0 Å². The van der Waals surface area contributed by atoms with Crippen molar-refractivity contribution in [1.29, 1.82) is 0 Å². The smallest absolute Gasteiger partial charge is 0.127 e. The lowest BCUT2D eigenvalue weighted by atomic mass is 10.1. The molecule has 0 aliphatic rings. The number of aliphatic hydroxyl groups excluding tert-OH is 2. The molecule has 0 radical (unpaired) electrons. The maximum Gasteiger partial charge on any atom is 0.127 e. The van der Waals surface area contributed by atoms with Crippen LogP contribution in [0, 0.1) is 0 Å². The van der Waals surface area contributed by atoms with Crippen LogP contribution in [0.25, 0.3) is 21.5 Å². The van der Waals surface area contributed by atoms with Gasteiger partial charge < -0.3 is 25.5 Å². The van der Waals surface area contributed by atoms with Gasteiger partial charge in [-0.1, -0.05) is 48.5 Å². The summed E-state index contributed by atoms with van der Waals surface area (Å²) in [6.45, 7) is -0.0433. The van der Waals surface area contributed by atoms with E-state index in [9.17, 15) is 10.2 Å². The molecule has 0 heterocycles. The quantitative estimate of drug-likeness (QED) is 0.352. The molecule has 0 aliphatic heterocycles. The minimum atomic E-state index is -0.0433. The van der Waals surface area contributed by atoms with E-state index in [1.54, 1.807) is 12.1 Å². The van der Waals surface area contributed by atoms with Crippen molar-refractivity contribution in [2.24, 2.45) is 0 Å². The number of rotatable bonds is 1. The first-order valence-electron chi connectivity index (χ1n) is 8.25. The molecule has 140 valence electrons. The van der Waals surface area contributed by atoms with Crippen molar-refractivity contribution >= 4 is 21.5 Å². The van der Waals surface area contributed by atoms with Gasteiger partial charge in [0, 0.05) is 23.9 Å². The molecule has 0 saturated heterocycles. The SMILES string of the molecule is CO.OCc1cc(O)c2ccccc2c1.Oc1cc(O)c2ccccc2c1.